The fourth-order valence-corrected chi connectivity index (χ4v) is 2.23. The van der Waals surface area contributed by atoms with Gasteiger partial charge in [0.05, 0.1) is 5.56 Å². The van der Waals surface area contributed by atoms with Crippen LogP contribution < -0.4 is 5.32 Å². The van der Waals surface area contributed by atoms with Gasteiger partial charge in [-0.25, -0.2) is 8.78 Å². The highest BCUT2D eigenvalue weighted by molar-refractivity contribution is 7.09. The van der Waals surface area contributed by atoms with Crippen LogP contribution in [-0.4, -0.2) is 12.5 Å². The number of amides is 1. The van der Waals surface area contributed by atoms with Crippen LogP contribution in [0.15, 0.2) is 35.7 Å². The summed E-state index contributed by atoms with van der Waals surface area (Å²) >= 11 is 1.59. The standard InChI is InChI=1S/C13H11F2NOS/c14-9-3-4-12(15)11(8-9)13(17)16-6-5-10-2-1-7-18-10/h1-4,7-8H,5-6H2,(H,16,17). The van der Waals surface area contributed by atoms with Gasteiger partial charge in [0.1, 0.15) is 11.6 Å². The summed E-state index contributed by atoms with van der Waals surface area (Å²) in [6.07, 6.45) is 0.681. The number of nitrogens with one attached hydrogen (secondary N) is 1. The molecule has 1 heterocycles. The molecule has 0 saturated carbocycles. The molecule has 2 nitrogen and oxygen atoms in total. The van der Waals surface area contributed by atoms with E-state index in [1.165, 1.54) is 0 Å². The Morgan fingerprint density at radius 1 is 1.28 bits per heavy atom. The van der Waals surface area contributed by atoms with Gasteiger partial charge in [0.15, 0.2) is 0 Å². The van der Waals surface area contributed by atoms with Crippen LogP contribution in [0.25, 0.3) is 0 Å². The van der Waals surface area contributed by atoms with Gasteiger partial charge >= 0.3 is 0 Å². The molecule has 0 spiro atoms. The summed E-state index contributed by atoms with van der Waals surface area (Å²) in [5.41, 5.74) is -0.263. The Labute approximate surface area is 107 Å². The van der Waals surface area contributed by atoms with E-state index >= 15 is 0 Å². The van der Waals surface area contributed by atoms with Crippen LogP contribution in [0.1, 0.15) is 15.2 Å². The highest BCUT2D eigenvalue weighted by Gasteiger charge is 2.12. The maximum absolute atomic E-state index is 13.3. The molecular formula is C13H11F2NOS. The summed E-state index contributed by atoms with van der Waals surface area (Å²) in [4.78, 5) is 12.8. The predicted octanol–water partition coefficient (Wildman–Crippen LogP) is 3.00. The third-order valence-corrected chi connectivity index (χ3v) is 3.35. The lowest BCUT2D eigenvalue weighted by atomic mass is 10.2. The SMILES string of the molecule is O=C(NCCc1cccs1)c1cc(F)ccc1F. The molecule has 0 bridgehead atoms. The molecule has 1 aromatic carbocycles. The van der Waals surface area contributed by atoms with E-state index in [0.717, 1.165) is 23.1 Å². The highest BCUT2D eigenvalue weighted by atomic mass is 32.1. The van der Waals surface area contributed by atoms with Crippen LogP contribution >= 0.6 is 11.3 Å². The number of rotatable bonds is 4. The Balaban J connectivity index is 1.93. The van der Waals surface area contributed by atoms with Crippen LogP contribution in [0.4, 0.5) is 8.78 Å². The van der Waals surface area contributed by atoms with Gasteiger partial charge in [-0.15, -0.1) is 11.3 Å². The first-order valence-corrected chi connectivity index (χ1v) is 6.30. The maximum Gasteiger partial charge on any atom is 0.254 e. The first-order valence-electron chi connectivity index (χ1n) is 5.42. The molecule has 1 aromatic heterocycles. The van der Waals surface area contributed by atoms with Crippen molar-refractivity contribution in [3.8, 4) is 0 Å². The summed E-state index contributed by atoms with van der Waals surface area (Å²) in [6, 6.07) is 6.71. The monoisotopic (exact) mass is 267 g/mol. The van der Waals surface area contributed by atoms with Gasteiger partial charge < -0.3 is 5.32 Å². The zero-order chi connectivity index (χ0) is 13.0. The summed E-state index contributed by atoms with van der Waals surface area (Å²) in [5.74, 6) is -1.94. The number of hydrogen-bond donors (Lipinski definition) is 1. The molecule has 0 fully saturated rings. The number of halogens is 2. The van der Waals surface area contributed by atoms with Gasteiger partial charge in [-0.05, 0) is 36.1 Å². The quantitative estimate of drug-likeness (QED) is 0.906. The van der Waals surface area contributed by atoms with Crippen molar-refractivity contribution in [2.75, 3.05) is 6.54 Å². The number of carbonyl (C=O) groups is 1. The van der Waals surface area contributed by atoms with E-state index in [1.54, 1.807) is 11.3 Å². The summed E-state index contributed by atoms with van der Waals surface area (Å²) in [5, 5.41) is 4.51. The molecule has 18 heavy (non-hydrogen) atoms. The second-order valence-corrected chi connectivity index (χ2v) is 4.74. The van der Waals surface area contributed by atoms with Crippen molar-refractivity contribution in [2.24, 2.45) is 0 Å². The van der Waals surface area contributed by atoms with Gasteiger partial charge in [0.25, 0.3) is 5.91 Å². The van der Waals surface area contributed by atoms with E-state index in [0.29, 0.717) is 13.0 Å². The molecular weight excluding hydrogens is 256 g/mol. The Morgan fingerprint density at radius 3 is 2.83 bits per heavy atom. The minimum Gasteiger partial charge on any atom is -0.352 e. The highest BCUT2D eigenvalue weighted by Crippen LogP contribution is 2.10. The van der Waals surface area contributed by atoms with Crippen molar-refractivity contribution in [1.29, 1.82) is 0 Å². The van der Waals surface area contributed by atoms with Crippen molar-refractivity contribution >= 4 is 17.2 Å². The zero-order valence-corrected chi connectivity index (χ0v) is 10.3. The first-order chi connectivity index (χ1) is 8.66. The lowest BCUT2D eigenvalue weighted by Gasteiger charge is -2.05. The van der Waals surface area contributed by atoms with Gasteiger partial charge in [0.2, 0.25) is 0 Å². The van der Waals surface area contributed by atoms with Gasteiger partial charge in [-0.3, -0.25) is 4.79 Å². The molecule has 0 radical (unpaired) electrons. The molecule has 2 rings (SSSR count). The van der Waals surface area contributed by atoms with E-state index in [2.05, 4.69) is 5.32 Å². The average Bonchev–Trinajstić information content (AvgIpc) is 2.85. The van der Waals surface area contributed by atoms with E-state index in [4.69, 9.17) is 0 Å². The zero-order valence-electron chi connectivity index (χ0n) is 9.45. The van der Waals surface area contributed by atoms with E-state index in [1.807, 2.05) is 17.5 Å². The van der Waals surface area contributed by atoms with Crippen molar-refractivity contribution in [2.45, 2.75) is 6.42 Å². The largest absolute Gasteiger partial charge is 0.352 e. The van der Waals surface area contributed by atoms with Crippen LogP contribution in [0.5, 0.6) is 0 Å². The second-order valence-electron chi connectivity index (χ2n) is 3.71. The number of hydrogen-bond acceptors (Lipinski definition) is 2. The first kappa shape index (κ1) is 12.7. The second kappa shape index (κ2) is 5.73. The molecule has 0 unspecified atom stereocenters. The van der Waals surface area contributed by atoms with E-state index in [-0.39, 0.29) is 5.56 Å². The van der Waals surface area contributed by atoms with Crippen molar-refractivity contribution in [1.82, 2.24) is 5.32 Å². The fraction of sp³-hybridized carbons (Fsp3) is 0.154. The summed E-state index contributed by atoms with van der Waals surface area (Å²) in [7, 11) is 0. The molecule has 2 aromatic rings. The fourth-order valence-electron chi connectivity index (χ4n) is 1.52. The Kier molecular flexibility index (Phi) is 4.04. The molecule has 1 amide bonds. The third-order valence-electron chi connectivity index (χ3n) is 2.41. The van der Waals surface area contributed by atoms with Gasteiger partial charge in [0, 0.05) is 11.4 Å². The minimum absolute atomic E-state index is 0.263. The average molecular weight is 267 g/mol. The number of benzene rings is 1. The van der Waals surface area contributed by atoms with Crippen molar-refractivity contribution in [3.05, 3.63) is 57.8 Å². The minimum atomic E-state index is -0.718. The molecule has 94 valence electrons. The van der Waals surface area contributed by atoms with Gasteiger partial charge in [-0.1, -0.05) is 6.07 Å². The number of carbonyl (C=O) groups excluding carboxylic acids is 1. The molecule has 0 aliphatic rings. The molecule has 0 atom stereocenters. The van der Waals surface area contributed by atoms with Gasteiger partial charge in [-0.2, -0.15) is 0 Å². The molecule has 1 N–H and O–H groups in total. The molecule has 0 aliphatic heterocycles. The van der Waals surface area contributed by atoms with E-state index < -0.39 is 17.5 Å². The smallest absolute Gasteiger partial charge is 0.254 e. The summed E-state index contributed by atoms with van der Waals surface area (Å²) in [6.45, 7) is 0.398. The maximum atomic E-state index is 13.3. The lowest BCUT2D eigenvalue weighted by molar-refractivity contribution is 0.0949. The Morgan fingerprint density at radius 2 is 2.11 bits per heavy atom. The third kappa shape index (κ3) is 3.13. The molecule has 0 saturated heterocycles. The Bertz CT molecular complexity index is 540. The summed E-state index contributed by atoms with van der Waals surface area (Å²) < 4.78 is 26.2. The van der Waals surface area contributed by atoms with Crippen molar-refractivity contribution in [3.63, 3.8) is 0 Å². The normalized spacial score (nSPS) is 10.3. The van der Waals surface area contributed by atoms with Crippen molar-refractivity contribution < 1.29 is 13.6 Å². The topological polar surface area (TPSA) is 29.1 Å². The lowest BCUT2D eigenvalue weighted by Crippen LogP contribution is -2.26. The molecule has 5 heteroatoms. The Hall–Kier alpha value is -1.75. The van der Waals surface area contributed by atoms with Crippen LogP contribution in [0.2, 0.25) is 0 Å². The van der Waals surface area contributed by atoms with E-state index in [9.17, 15) is 13.6 Å². The van der Waals surface area contributed by atoms with Crippen LogP contribution in [-0.2, 0) is 6.42 Å². The number of thiophene rings is 1. The molecule has 0 aliphatic carbocycles. The predicted molar refractivity (Wildman–Crippen MR) is 66.7 cm³/mol. The van der Waals surface area contributed by atoms with Crippen LogP contribution in [0, 0.1) is 11.6 Å². The van der Waals surface area contributed by atoms with Crippen LogP contribution in [0.3, 0.4) is 0 Å².